The van der Waals surface area contributed by atoms with E-state index in [9.17, 15) is 0 Å². The molecule has 0 atom stereocenters. The number of aryl methyl sites for hydroxylation is 1. The first-order valence-corrected chi connectivity index (χ1v) is 5.21. The van der Waals surface area contributed by atoms with Gasteiger partial charge in [-0.2, -0.15) is 0 Å². The third-order valence-electron chi connectivity index (χ3n) is 1.66. The van der Waals surface area contributed by atoms with Gasteiger partial charge in [-0.15, -0.1) is 11.3 Å². The van der Waals surface area contributed by atoms with Crippen LogP contribution in [0.3, 0.4) is 0 Å². The summed E-state index contributed by atoms with van der Waals surface area (Å²) in [5.74, 6) is 0. The third kappa shape index (κ3) is 1.43. The maximum atomic E-state index is 3.54. The standard InChI is InChI=1S/C8H11BrS/c1-3-6-5-10-8(9)7(6)4-2/h5H,3-4H2,1-2H3. The van der Waals surface area contributed by atoms with Crippen molar-refractivity contribution >= 4 is 27.3 Å². The second-order valence-electron chi connectivity index (χ2n) is 2.22. The Morgan fingerprint density at radius 1 is 1.40 bits per heavy atom. The predicted octanol–water partition coefficient (Wildman–Crippen LogP) is 3.64. The summed E-state index contributed by atoms with van der Waals surface area (Å²) in [5.41, 5.74) is 2.99. The first-order valence-electron chi connectivity index (χ1n) is 3.54. The van der Waals surface area contributed by atoms with Gasteiger partial charge in [-0.1, -0.05) is 13.8 Å². The number of rotatable bonds is 2. The normalized spacial score (nSPS) is 10.3. The molecule has 1 aromatic heterocycles. The average Bonchev–Trinajstić information content (AvgIpc) is 2.30. The zero-order valence-corrected chi connectivity index (χ0v) is 8.68. The summed E-state index contributed by atoms with van der Waals surface area (Å²) in [6, 6.07) is 0. The highest BCUT2D eigenvalue weighted by Gasteiger charge is 2.04. The molecule has 0 aliphatic rings. The van der Waals surface area contributed by atoms with Crippen LogP contribution >= 0.6 is 27.3 Å². The maximum Gasteiger partial charge on any atom is 0.0733 e. The van der Waals surface area contributed by atoms with Crippen LogP contribution in [-0.4, -0.2) is 0 Å². The second-order valence-corrected chi connectivity index (χ2v) is 4.42. The first-order chi connectivity index (χ1) is 4.79. The van der Waals surface area contributed by atoms with Crippen LogP contribution in [0.15, 0.2) is 9.17 Å². The van der Waals surface area contributed by atoms with Crippen molar-refractivity contribution in [3.8, 4) is 0 Å². The Bertz CT molecular complexity index is 215. The summed E-state index contributed by atoms with van der Waals surface area (Å²) in [6.45, 7) is 4.40. The molecule has 0 N–H and O–H groups in total. The van der Waals surface area contributed by atoms with Crippen molar-refractivity contribution in [3.63, 3.8) is 0 Å². The molecule has 1 aromatic rings. The van der Waals surface area contributed by atoms with Crippen molar-refractivity contribution in [2.75, 3.05) is 0 Å². The quantitative estimate of drug-likeness (QED) is 0.712. The molecule has 0 saturated carbocycles. The van der Waals surface area contributed by atoms with E-state index in [2.05, 4.69) is 35.2 Å². The van der Waals surface area contributed by atoms with Crippen molar-refractivity contribution in [3.05, 3.63) is 20.3 Å². The molecule has 0 saturated heterocycles. The smallest absolute Gasteiger partial charge is 0.0733 e. The number of hydrogen-bond acceptors (Lipinski definition) is 1. The Labute approximate surface area is 74.4 Å². The fourth-order valence-corrected chi connectivity index (χ4v) is 2.84. The van der Waals surface area contributed by atoms with E-state index in [1.807, 2.05) is 0 Å². The monoisotopic (exact) mass is 218 g/mol. The number of thiophene rings is 1. The predicted molar refractivity (Wildman–Crippen MR) is 50.8 cm³/mol. The van der Waals surface area contributed by atoms with Gasteiger partial charge < -0.3 is 0 Å². The molecule has 0 amide bonds. The van der Waals surface area contributed by atoms with Gasteiger partial charge in [-0.25, -0.2) is 0 Å². The van der Waals surface area contributed by atoms with Crippen LogP contribution in [0.25, 0.3) is 0 Å². The molecule has 0 aliphatic carbocycles. The van der Waals surface area contributed by atoms with Gasteiger partial charge in [0.15, 0.2) is 0 Å². The van der Waals surface area contributed by atoms with E-state index in [1.165, 1.54) is 14.9 Å². The van der Waals surface area contributed by atoms with Gasteiger partial charge in [0.05, 0.1) is 3.79 Å². The minimum Gasteiger partial charge on any atom is -0.136 e. The van der Waals surface area contributed by atoms with Gasteiger partial charge >= 0.3 is 0 Å². The summed E-state index contributed by atoms with van der Waals surface area (Å²) in [6.07, 6.45) is 2.30. The van der Waals surface area contributed by atoms with Crippen molar-refractivity contribution in [1.82, 2.24) is 0 Å². The summed E-state index contributed by atoms with van der Waals surface area (Å²) in [5, 5.41) is 2.24. The lowest BCUT2D eigenvalue weighted by atomic mass is 10.1. The second kappa shape index (κ2) is 3.54. The first kappa shape index (κ1) is 8.28. The molecule has 56 valence electrons. The van der Waals surface area contributed by atoms with Crippen LogP contribution in [0, 0.1) is 0 Å². The van der Waals surface area contributed by atoms with Gasteiger partial charge in [-0.3, -0.25) is 0 Å². The molecule has 0 spiro atoms. The van der Waals surface area contributed by atoms with Gasteiger partial charge in [-0.05, 0) is 45.3 Å². The molecule has 0 nitrogen and oxygen atoms in total. The van der Waals surface area contributed by atoms with Crippen molar-refractivity contribution in [2.45, 2.75) is 26.7 Å². The van der Waals surface area contributed by atoms with Gasteiger partial charge in [0.2, 0.25) is 0 Å². The van der Waals surface area contributed by atoms with Gasteiger partial charge in [0.1, 0.15) is 0 Å². The Morgan fingerprint density at radius 3 is 2.50 bits per heavy atom. The lowest BCUT2D eigenvalue weighted by molar-refractivity contribution is 1.05. The van der Waals surface area contributed by atoms with E-state index in [4.69, 9.17) is 0 Å². The molecule has 2 heteroatoms. The Morgan fingerprint density at radius 2 is 2.10 bits per heavy atom. The van der Waals surface area contributed by atoms with E-state index in [0.717, 1.165) is 12.8 Å². The molecular formula is C8H11BrS. The molecule has 0 aliphatic heterocycles. The van der Waals surface area contributed by atoms with Crippen LogP contribution in [0.4, 0.5) is 0 Å². The topological polar surface area (TPSA) is 0 Å². The highest BCUT2D eigenvalue weighted by molar-refractivity contribution is 9.11. The lowest BCUT2D eigenvalue weighted by Crippen LogP contribution is -1.83. The summed E-state index contributed by atoms with van der Waals surface area (Å²) in [4.78, 5) is 0. The van der Waals surface area contributed by atoms with Crippen molar-refractivity contribution in [1.29, 1.82) is 0 Å². The Hall–Kier alpha value is 0.180. The van der Waals surface area contributed by atoms with Crippen molar-refractivity contribution in [2.24, 2.45) is 0 Å². The molecule has 10 heavy (non-hydrogen) atoms. The largest absolute Gasteiger partial charge is 0.136 e. The molecule has 0 fully saturated rings. The van der Waals surface area contributed by atoms with Crippen LogP contribution in [0.5, 0.6) is 0 Å². The fourth-order valence-electron chi connectivity index (χ4n) is 1.05. The number of halogens is 1. The lowest BCUT2D eigenvalue weighted by Gasteiger charge is -1.96. The zero-order valence-electron chi connectivity index (χ0n) is 6.28. The Balaban J connectivity index is 3.01. The molecule has 1 heterocycles. The molecule has 0 aromatic carbocycles. The molecule has 0 bridgehead atoms. The van der Waals surface area contributed by atoms with E-state index in [0.29, 0.717) is 0 Å². The van der Waals surface area contributed by atoms with E-state index >= 15 is 0 Å². The van der Waals surface area contributed by atoms with Crippen LogP contribution < -0.4 is 0 Å². The van der Waals surface area contributed by atoms with Gasteiger partial charge in [0, 0.05) is 0 Å². The van der Waals surface area contributed by atoms with Gasteiger partial charge in [0.25, 0.3) is 0 Å². The zero-order chi connectivity index (χ0) is 7.56. The minimum atomic E-state index is 1.15. The maximum absolute atomic E-state index is 3.54. The SMILES string of the molecule is CCc1csc(Br)c1CC. The fraction of sp³-hybridized carbons (Fsp3) is 0.500. The molecule has 0 radical (unpaired) electrons. The van der Waals surface area contributed by atoms with Crippen LogP contribution in [-0.2, 0) is 12.8 Å². The van der Waals surface area contributed by atoms with E-state index in [-0.39, 0.29) is 0 Å². The summed E-state index contributed by atoms with van der Waals surface area (Å²) in [7, 11) is 0. The summed E-state index contributed by atoms with van der Waals surface area (Å²) >= 11 is 5.33. The van der Waals surface area contributed by atoms with E-state index < -0.39 is 0 Å². The van der Waals surface area contributed by atoms with E-state index in [1.54, 1.807) is 11.3 Å². The van der Waals surface area contributed by atoms with Crippen LogP contribution in [0.2, 0.25) is 0 Å². The summed E-state index contributed by atoms with van der Waals surface area (Å²) < 4.78 is 1.31. The Kier molecular flexibility index (Phi) is 2.93. The third-order valence-corrected chi connectivity index (χ3v) is 3.56. The molecular weight excluding hydrogens is 208 g/mol. The highest BCUT2D eigenvalue weighted by atomic mass is 79.9. The van der Waals surface area contributed by atoms with Crippen molar-refractivity contribution < 1.29 is 0 Å². The molecule has 1 rings (SSSR count). The molecule has 0 unspecified atom stereocenters. The highest BCUT2D eigenvalue weighted by Crippen LogP contribution is 2.28. The average molecular weight is 219 g/mol. The van der Waals surface area contributed by atoms with Crippen LogP contribution in [0.1, 0.15) is 25.0 Å². The number of hydrogen-bond donors (Lipinski definition) is 0. The minimum absolute atomic E-state index is 1.15.